The van der Waals surface area contributed by atoms with Gasteiger partial charge in [-0.1, -0.05) is 246 Å². The van der Waals surface area contributed by atoms with Crippen molar-refractivity contribution in [2.75, 3.05) is 9.80 Å². The second kappa shape index (κ2) is 18.3. The van der Waals surface area contributed by atoms with Crippen LogP contribution in [-0.4, -0.2) is 6.71 Å². The molecule has 0 aliphatic carbocycles. The van der Waals surface area contributed by atoms with Gasteiger partial charge in [-0.25, -0.2) is 0 Å². The van der Waals surface area contributed by atoms with Gasteiger partial charge in [-0.3, -0.25) is 0 Å². The van der Waals surface area contributed by atoms with Gasteiger partial charge in [0.05, 0.1) is 0 Å². The van der Waals surface area contributed by atoms with Gasteiger partial charge in [-0.15, -0.1) is 0 Å². The van der Waals surface area contributed by atoms with Crippen molar-refractivity contribution in [2.45, 2.75) is 38.5 Å². The maximum Gasteiger partial charge on any atom is 0.252 e. The molecule has 12 aromatic carbocycles. The third-order valence-corrected chi connectivity index (χ3v) is 17.0. The van der Waals surface area contributed by atoms with E-state index >= 15 is 0 Å². The van der Waals surface area contributed by atoms with Crippen LogP contribution >= 0.6 is 0 Å². The molecule has 3 heteroatoms. The molecule has 0 saturated heterocycles. The molecule has 366 valence electrons. The lowest BCUT2D eigenvalue weighted by Gasteiger charge is -2.45. The van der Waals surface area contributed by atoms with Gasteiger partial charge in [-0.05, 0) is 148 Å². The molecule has 0 spiro atoms. The SMILES string of the molecule is CC(C)(c1ccccc1)c1cc(-c2cc3c4c(c2)N(c2ccccc2)c2ccc(C(C)(C)c5ccccc5)cc2B4c2ccccc2N3c2ccccc2)cc(-c2c3ccccc3c(-c3ccccc3)c3ccccc23)c1. The molecule has 0 amide bonds. The van der Waals surface area contributed by atoms with E-state index in [0.717, 1.165) is 16.9 Å². The number of hydrogen-bond donors (Lipinski definition) is 0. The van der Waals surface area contributed by atoms with E-state index in [9.17, 15) is 0 Å². The topological polar surface area (TPSA) is 6.48 Å². The molecule has 2 nitrogen and oxygen atoms in total. The molecule has 2 aliphatic heterocycles. The van der Waals surface area contributed by atoms with Gasteiger partial charge < -0.3 is 9.80 Å². The smallest absolute Gasteiger partial charge is 0.252 e. The molecule has 12 aromatic rings. The van der Waals surface area contributed by atoms with Gasteiger partial charge in [0.2, 0.25) is 0 Å². The van der Waals surface area contributed by atoms with E-state index in [1.807, 2.05) is 0 Å². The van der Waals surface area contributed by atoms with Gasteiger partial charge in [0, 0.05) is 45.0 Å². The van der Waals surface area contributed by atoms with Crippen molar-refractivity contribution in [3.63, 3.8) is 0 Å². The third-order valence-electron chi connectivity index (χ3n) is 17.0. The van der Waals surface area contributed by atoms with Crippen LogP contribution in [-0.2, 0) is 10.8 Å². The highest BCUT2D eigenvalue weighted by molar-refractivity contribution is 7.00. The van der Waals surface area contributed by atoms with Gasteiger partial charge in [0.25, 0.3) is 6.71 Å². The zero-order valence-electron chi connectivity index (χ0n) is 44.0. The largest absolute Gasteiger partial charge is 0.311 e. The Balaban J connectivity index is 1.08. The first-order valence-electron chi connectivity index (χ1n) is 27.1. The summed E-state index contributed by atoms with van der Waals surface area (Å²) in [6.07, 6.45) is 0. The van der Waals surface area contributed by atoms with Crippen LogP contribution in [0, 0.1) is 0 Å². The molecule has 0 aromatic heterocycles. The van der Waals surface area contributed by atoms with E-state index in [1.165, 1.54) is 111 Å². The number of hydrogen-bond acceptors (Lipinski definition) is 2. The minimum atomic E-state index is -0.343. The van der Waals surface area contributed by atoms with Crippen molar-refractivity contribution in [1.82, 2.24) is 0 Å². The van der Waals surface area contributed by atoms with Crippen molar-refractivity contribution < 1.29 is 0 Å². The van der Waals surface area contributed by atoms with Gasteiger partial charge >= 0.3 is 0 Å². The number of fused-ring (bicyclic) bond motifs is 6. The summed E-state index contributed by atoms with van der Waals surface area (Å²) in [5, 5.41) is 4.97. The molecule has 0 saturated carbocycles. The second-order valence-electron chi connectivity index (χ2n) is 22.0. The highest BCUT2D eigenvalue weighted by Crippen LogP contribution is 2.50. The predicted molar refractivity (Wildman–Crippen MR) is 329 cm³/mol. The van der Waals surface area contributed by atoms with Gasteiger partial charge in [0.15, 0.2) is 0 Å². The summed E-state index contributed by atoms with van der Waals surface area (Å²) in [7, 11) is 0. The summed E-state index contributed by atoms with van der Waals surface area (Å²) in [4.78, 5) is 5.08. The van der Waals surface area contributed by atoms with Crippen molar-refractivity contribution in [1.29, 1.82) is 0 Å². The Hall–Kier alpha value is -9.18. The summed E-state index contributed by atoms with van der Waals surface area (Å²) in [5.74, 6) is 0. The van der Waals surface area contributed by atoms with Crippen molar-refractivity contribution in [3.05, 3.63) is 295 Å². The Morgan fingerprint density at radius 1 is 0.273 bits per heavy atom. The van der Waals surface area contributed by atoms with E-state index in [1.54, 1.807) is 0 Å². The summed E-state index contributed by atoms with van der Waals surface area (Å²) in [5.41, 5.74) is 22.7. The summed E-state index contributed by atoms with van der Waals surface area (Å²) in [6, 6.07) is 102. The van der Waals surface area contributed by atoms with Crippen molar-refractivity contribution in [3.8, 4) is 33.4 Å². The molecular weight excluding hydrogens is 928 g/mol. The van der Waals surface area contributed by atoms with Crippen LogP contribution in [0.2, 0.25) is 0 Å². The highest BCUT2D eigenvalue weighted by atomic mass is 15.2. The first-order valence-corrected chi connectivity index (χ1v) is 27.1. The molecular formula is C74H57BN2. The van der Waals surface area contributed by atoms with Crippen LogP contribution in [0.15, 0.2) is 273 Å². The lowest BCUT2D eigenvalue weighted by Crippen LogP contribution is -2.61. The maximum atomic E-state index is 2.55. The normalized spacial score (nSPS) is 12.9. The minimum absolute atomic E-state index is 0.0357. The average molecular weight is 985 g/mol. The second-order valence-corrected chi connectivity index (χ2v) is 22.0. The molecule has 2 heterocycles. The Bertz CT molecular complexity index is 4130. The fraction of sp³-hybridized carbons (Fsp3) is 0.0811. The van der Waals surface area contributed by atoms with Crippen LogP contribution < -0.4 is 26.2 Å². The summed E-state index contributed by atoms with van der Waals surface area (Å²) in [6.45, 7) is 9.47. The number of rotatable bonds is 9. The van der Waals surface area contributed by atoms with Crippen LogP contribution in [0.25, 0.3) is 54.9 Å². The Kier molecular flexibility index (Phi) is 11.0. The monoisotopic (exact) mass is 984 g/mol. The van der Waals surface area contributed by atoms with E-state index in [4.69, 9.17) is 0 Å². The minimum Gasteiger partial charge on any atom is -0.311 e. The molecule has 14 rings (SSSR count). The molecule has 0 fully saturated rings. The lowest BCUT2D eigenvalue weighted by molar-refractivity contribution is 0.641. The van der Waals surface area contributed by atoms with Crippen LogP contribution in [0.4, 0.5) is 34.1 Å². The van der Waals surface area contributed by atoms with Crippen LogP contribution in [0.3, 0.4) is 0 Å². The van der Waals surface area contributed by atoms with Crippen molar-refractivity contribution in [2.24, 2.45) is 0 Å². The van der Waals surface area contributed by atoms with E-state index in [2.05, 4.69) is 310 Å². The number of benzene rings is 12. The molecule has 0 atom stereocenters. The Morgan fingerprint density at radius 2 is 0.675 bits per heavy atom. The molecule has 2 aliphatic rings. The zero-order chi connectivity index (χ0) is 51.8. The summed E-state index contributed by atoms with van der Waals surface area (Å²) < 4.78 is 0. The summed E-state index contributed by atoms with van der Waals surface area (Å²) >= 11 is 0. The fourth-order valence-corrected chi connectivity index (χ4v) is 12.9. The van der Waals surface area contributed by atoms with E-state index in [-0.39, 0.29) is 17.5 Å². The first kappa shape index (κ1) is 46.4. The number of anilines is 6. The Labute approximate surface area is 453 Å². The van der Waals surface area contributed by atoms with E-state index < -0.39 is 0 Å². The molecule has 0 unspecified atom stereocenters. The Morgan fingerprint density at radius 3 is 1.21 bits per heavy atom. The first-order chi connectivity index (χ1) is 37.7. The van der Waals surface area contributed by atoms with Crippen LogP contribution in [0.5, 0.6) is 0 Å². The average Bonchev–Trinajstić information content (AvgIpc) is 3.67. The molecule has 0 N–H and O–H groups in total. The van der Waals surface area contributed by atoms with Crippen molar-refractivity contribution >= 4 is 78.8 Å². The van der Waals surface area contributed by atoms with Crippen LogP contribution in [0.1, 0.15) is 49.9 Å². The quantitative estimate of drug-likeness (QED) is 0.105. The molecule has 0 radical (unpaired) electrons. The number of para-hydroxylation sites is 3. The highest BCUT2D eigenvalue weighted by Gasteiger charge is 2.44. The van der Waals surface area contributed by atoms with Gasteiger partial charge in [-0.2, -0.15) is 0 Å². The van der Waals surface area contributed by atoms with Gasteiger partial charge in [0.1, 0.15) is 0 Å². The number of nitrogens with zero attached hydrogens (tertiary/aromatic N) is 2. The molecule has 77 heavy (non-hydrogen) atoms. The third kappa shape index (κ3) is 7.55. The lowest BCUT2D eigenvalue weighted by atomic mass is 9.33. The predicted octanol–water partition coefficient (Wildman–Crippen LogP) is 17.7. The molecule has 0 bridgehead atoms. The standard InChI is InChI=1S/C74H57BN2/c1-73(2,54-28-12-6-13-29-54)56-42-43-67-65(49-56)75-64-40-24-25-41-66(64)76(58-32-16-8-17-33-58)68-47-52(48-69(72(68)75)77(67)59-34-18-9-19-35-59)51-44-53(46-57(45-51)74(3,4)55-30-14-7-15-31-55)71-62-38-22-20-36-60(62)70(50-26-10-5-11-27-50)61-37-21-23-39-63(61)71/h5-49H,1-4H3. The fourth-order valence-electron chi connectivity index (χ4n) is 12.9. The maximum absolute atomic E-state index is 2.55. The van der Waals surface area contributed by atoms with E-state index in [0.29, 0.717) is 0 Å². The zero-order valence-corrected chi connectivity index (χ0v) is 44.0.